The number of anilines is 1. The van der Waals surface area contributed by atoms with Crippen LogP contribution in [0, 0.1) is 5.92 Å². The second-order valence-corrected chi connectivity index (χ2v) is 9.97. The first-order valence-corrected chi connectivity index (χ1v) is 11.3. The van der Waals surface area contributed by atoms with Crippen molar-refractivity contribution in [3.05, 3.63) is 24.0 Å². The fraction of sp³-hybridized carbons (Fsp3) is 0.609. The number of rotatable bonds is 5. The number of aromatic nitrogens is 3. The molecule has 2 aromatic rings. The molecule has 2 fully saturated rings. The molecule has 0 unspecified atom stereocenters. The highest BCUT2D eigenvalue weighted by molar-refractivity contribution is 5.96. The SMILES string of the molecule is CCn1ncc2c(NC3CC(C(=O)OC(C)(C)C)C3)c(C3=CC4(CCC4)ON3)cnc21. The maximum Gasteiger partial charge on any atom is 0.309 e. The first kappa shape index (κ1) is 20.3. The Morgan fingerprint density at radius 1 is 1.35 bits per heavy atom. The second kappa shape index (κ2) is 7.22. The zero-order valence-corrected chi connectivity index (χ0v) is 18.7. The average Bonchev–Trinajstić information content (AvgIpc) is 3.26. The first-order chi connectivity index (χ1) is 14.8. The van der Waals surface area contributed by atoms with Gasteiger partial charge in [-0.05, 0) is 65.9 Å². The Balaban J connectivity index is 1.40. The minimum atomic E-state index is -0.452. The fourth-order valence-electron chi connectivity index (χ4n) is 4.52. The van der Waals surface area contributed by atoms with Crippen LogP contribution >= 0.6 is 0 Å². The number of ether oxygens (including phenoxy) is 1. The Morgan fingerprint density at radius 2 is 2.13 bits per heavy atom. The third kappa shape index (κ3) is 3.67. The number of nitrogens with zero attached hydrogens (tertiary/aromatic N) is 3. The van der Waals surface area contributed by atoms with E-state index < -0.39 is 5.60 Å². The molecule has 0 atom stereocenters. The maximum absolute atomic E-state index is 12.4. The van der Waals surface area contributed by atoms with Gasteiger partial charge in [0.1, 0.15) is 11.2 Å². The van der Waals surface area contributed by atoms with Gasteiger partial charge in [0, 0.05) is 24.3 Å². The molecule has 1 spiro atoms. The van der Waals surface area contributed by atoms with Gasteiger partial charge in [0.15, 0.2) is 5.65 Å². The molecule has 3 heterocycles. The lowest BCUT2D eigenvalue weighted by atomic mass is 9.79. The minimum Gasteiger partial charge on any atom is -0.460 e. The van der Waals surface area contributed by atoms with Crippen LogP contribution in [0.5, 0.6) is 0 Å². The standard InChI is InChI=1S/C23H31N5O3/c1-5-28-20-17(13-25-28)19(26-15-9-14(10-15)21(29)30-22(2,3)4)16(12-24-20)18-11-23(31-27-18)7-6-8-23/h11-15,27H,5-10H2,1-4H3,(H,24,26). The quantitative estimate of drug-likeness (QED) is 0.705. The molecular weight excluding hydrogens is 394 g/mol. The van der Waals surface area contributed by atoms with E-state index in [1.165, 1.54) is 6.42 Å². The first-order valence-electron chi connectivity index (χ1n) is 11.3. The van der Waals surface area contributed by atoms with Crippen molar-refractivity contribution in [1.29, 1.82) is 0 Å². The number of hydroxylamine groups is 1. The third-order valence-corrected chi connectivity index (χ3v) is 6.45. The maximum atomic E-state index is 12.4. The summed E-state index contributed by atoms with van der Waals surface area (Å²) in [5, 5.41) is 9.16. The normalized spacial score (nSPS) is 24.3. The number of aryl methyl sites for hydroxylation is 1. The van der Waals surface area contributed by atoms with Crippen LogP contribution in [0.15, 0.2) is 18.5 Å². The molecule has 2 aliphatic carbocycles. The largest absolute Gasteiger partial charge is 0.460 e. The van der Waals surface area contributed by atoms with Gasteiger partial charge in [0.25, 0.3) is 0 Å². The van der Waals surface area contributed by atoms with E-state index in [0.717, 1.165) is 60.2 Å². The topological polar surface area (TPSA) is 90.3 Å². The van der Waals surface area contributed by atoms with Crippen molar-refractivity contribution in [2.75, 3.05) is 5.32 Å². The van der Waals surface area contributed by atoms with E-state index >= 15 is 0 Å². The summed E-state index contributed by atoms with van der Waals surface area (Å²) < 4.78 is 7.45. The molecule has 2 saturated carbocycles. The van der Waals surface area contributed by atoms with Crippen molar-refractivity contribution in [2.24, 2.45) is 5.92 Å². The van der Waals surface area contributed by atoms with E-state index in [1.54, 1.807) is 0 Å². The van der Waals surface area contributed by atoms with Crippen LogP contribution in [0.2, 0.25) is 0 Å². The van der Waals surface area contributed by atoms with Gasteiger partial charge in [-0.15, -0.1) is 0 Å². The molecule has 1 aliphatic heterocycles. The van der Waals surface area contributed by atoms with Crippen LogP contribution < -0.4 is 10.8 Å². The summed E-state index contributed by atoms with van der Waals surface area (Å²) in [5.41, 5.74) is 6.29. The number of carbonyl (C=O) groups excluding carboxylic acids is 1. The van der Waals surface area contributed by atoms with E-state index in [-0.39, 0.29) is 23.5 Å². The Bertz CT molecular complexity index is 1040. The lowest BCUT2D eigenvalue weighted by Gasteiger charge is -2.37. The van der Waals surface area contributed by atoms with Gasteiger partial charge in [0.05, 0.1) is 28.9 Å². The number of nitrogens with one attached hydrogen (secondary N) is 2. The number of fused-ring (bicyclic) bond motifs is 1. The molecule has 0 aromatic carbocycles. The molecule has 8 heteroatoms. The molecule has 3 aliphatic rings. The van der Waals surface area contributed by atoms with E-state index in [9.17, 15) is 4.79 Å². The number of pyridine rings is 1. The van der Waals surface area contributed by atoms with Crippen molar-refractivity contribution >= 4 is 28.4 Å². The number of esters is 1. The van der Waals surface area contributed by atoms with Crippen LogP contribution in [0.1, 0.15) is 65.4 Å². The lowest BCUT2D eigenvalue weighted by Crippen LogP contribution is -2.42. The molecular formula is C23H31N5O3. The predicted octanol–water partition coefficient (Wildman–Crippen LogP) is 3.78. The van der Waals surface area contributed by atoms with Gasteiger partial charge >= 0.3 is 5.97 Å². The predicted molar refractivity (Wildman–Crippen MR) is 118 cm³/mol. The molecule has 166 valence electrons. The van der Waals surface area contributed by atoms with Gasteiger partial charge in [-0.25, -0.2) is 9.67 Å². The molecule has 2 N–H and O–H groups in total. The summed E-state index contributed by atoms with van der Waals surface area (Å²) in [6, 6.07) is 0.201. The summed E-state index contributed by atoms with van der Waals surface area (Å²) in [5.74, 6) is -0.161. The smallest absolute Gasteiger partial charge is 0.309 e. The van der Waals surface area contributed by atoms with Crippen molar-refractivity contribution in [3.63, 3.8) is 0 Å². The Kier molecular flexibility index (Phi) is 4.73. The van der Waals surface area contributed by atoms with Gasteiger partial charge in [0.2, 0.25) is 0 Å². The number of carbonyl (C=O) groups is 1. The molecule has 0 bridgehead atoms. The number of hydrogen-bond donors (Lipinski definition) is 2. The molecule has 0 amide bonds. The van der Waals surface area contributed by atoms with E-state index in [0.29, 0.717) is 0 Å². The Hall–Kier alpha value is -2.61. The van der Waals surface area contributed by atoms with Crippen LogP contribution in [-0.4, -0.2) is 38.0 Å². The highest BCUT2D eigenvalue weighted by Gasteiger charge is 2.42. The molecule has 0 radical (unpaired) electrons. The van der Waals surface area contributed by atoms with Crippen LogP contribution in [0.3, 0.4) is 0 Å². The van der Waals surface area contributed by atoms with Crippen molar-refractivity contribution in [3.8, 4) is 0 Å². The van der Waals surface area contributed by atoms with Crippen molar-refractivity contribution in [2.45, 2.75) is 83.6 Å². The molecule has 0 saturated heterocycles. The highest BCUT2D eigenvalue weighted by atomic mass is 16.7. The van der Waals surface area contributed by atoms with E-state index in [1.807, 2.05) is 37.8 Å². The zero-order valence-electron chi connectivity index (χ0n) is 18.7. The van der Waals surface area contributed by atoms with Crippen LogP contribution in [0.25, 0.3) is 16.7 Å². The van der Waals surface area contributed by atoms with Crippen LogP contribution in [-0.2, 0) is 20.9 Å². The second-order valence-electron chi connectivity index (χ2n) is 9.97. The molecule has 8 nitrogen and oxygen atoms in total. The summed E-state index contributed by atoms with van der Waals surface area (Å²) in [6.07, 6.45) is 10.7. The molecule has 5 rings (SSSR count). The average molecular weight is 426 g/mol. The summed E-state index contributed by atoms with van der Waals surface area (Å²) >= 11 is 0. The highest BCUT2D eigenvalue weighted by Crippen LogP contribution is 2.44. The van der Waals surface area contributed by atoms with Gasteiger partial charge in [-0.1, -0.05) is 0 Å². The summed E-state index contributed by atoms with van der Waals surface area (Å²) in [6.45, 7) is 8.53. The lowest BCUT2D eigenvalue weighted by molar-refractivity contribution is -0.163. The molecule has 31 heavy (non-hydrogen) atoms. The Morgan fingerprint density at radius 3 is 2.74 bits per heavy atom. The number of hydrogen-bond acceptors (Lipinski definition) is 7. The fourth-order valence-corrected chi connectivity index (χ4v) is 4.52. The zero-order chi connectivity index (χ0) is 21.8. The minimum absolute atomic E-state index is 0.0544. The van der Waals surface area contributed by atoms with Gasteiger partial charge in [-0.3, -0.25) is 15.1 Å². The van der Waals surface area contributed by atoms with Gasteiger partial charge < -0.3 is 10.1 Å². The summed E-state index contributed by atoms with van der Waals surface area (Å²) in [7, 11) is 0. The van der Waals surface area contributed by atoms with E-state index in [2.05, 4.69) is 28.9 Å². The van der Waals surface area contributed by atoms with Gasteiger partial charge in [-0.2, -0.15) is 5.10 Å². The van der Waals surface area contributed by atoms with Crippen molar-refractivity contribution < 1.29 is 14.4 Å². The van der Waals surface area contributed by atoms with Crippen molar-refractivity contribution in [1.82, 2.24) is 20.2 Å². The summed E-state index contributed by atoms with van der Waals surface area (Å²) in [4.78, 5) is 23.0. The monoisotopic (exact) mass is 425 g/mol. The third-order valence-electron chi connectivity index (χ3n) is 6.45. The van der Waals surface area contributed by atoms with Crippen LogP contribution in [0.4, 0.5) is 5.69 Å². The van der Waals surface area contributed by atoms with E-state index in [4.69, 9.17) is 14.6 Å². The Labute approximate surface area is 182 Å². The molecule has 2 aromatic heterocycles.